The predicted octanol–water partition coefficient (Wildman–Crippen LogP) is 3.97. The summed E-state index contributed by atoms with van der Waals surface area (Å²) in [6, 6.07) is 8.31. The summed E-state index contributed by atoms with van der Waals surface area (Å²) in [5.41, 5.74) is 1.26. The van der Waals surface area contributed by atoms with Crippen LogP contribution in [0.25, 0.3) is 17.1 Å². The molecular formula is C23H16F3N7O2. The third-order valence-electron chi connectivity index (χ3n) is 5.87. The molecule has 5 aromatic rings. The quantitative estimate of drug-likeness (QED) is 0.418. The molecule has 12 heteroatoms. The molecule has 0 saturated carbocycles. The van der Waals surface area contributed by atoms with E-state index in [0.717, 1.165) is 5.69 Å². The molecule has 35 heavy (non-hydrogen) atoms. The molecule has 5 aromatic heterocycles. The van der Waals surface area contributed by atoms with E-state index in [9.17, 15) is 18.0 Å². The van der Waals surface area contributed by atoms with E-state index in [1.165, 1.54) is 40.1 Å². The number of nitrogens with one attached hydrogen (secondary N) is 1. The van der Waals surface area contributed by atoms with Crippen molar-refractivity contribution in [1.29, 1.82) is 0 Å². The first-order valence-electron chi connectivity index (χ1n) is 10.7. The molecule has 0 aromatic carbocycles. The summed E-state index contributed by atoms with van der Waals surface area (Å²) in [5, 5.41) is 4.44. The molecule has 0 bridgehead atoms. The lowest BCUT2D eigenvalue weighted by Crippen LogP contribution is -2.41. The highest BCUT2D eigenvalue weighted by Gasteiger charge is 2.40. The van der Waals surface area contributed by atoms with Crippen LogP contribution in [0.5, 0.6) is 0 Å². The molecule has 0 fully saturated rings. The number of imidazole rings is 1. The summed E-state index contributed by atoms with van der Waals surface area (Å²) in [5.74, 6) is -2.06. The van der Waals surface area contributed by atoms with Gasteiger partial charge >= 0.3 is 0 Å². The van der Waals surface area contributed by atoms with E-state index in [0.29, 0.717) is 17.8 Å². The van der Waals surface area contributed by atoms with Crippen LogP contribution in [0.2, 0.25) is 0 Å². The number of aromatic nitrogens is 6. The van der Waals surface area contributed by atoms with E-state index < -0.39 is 35.6 Å². The maximum Gasteiger partial charge on any atom is 0.292 e. The van der Waals surface area contributed by atoms with E-state index >= 15 is 0 Å². The zero-order valence-corrected chi connectivity index (χ0v) is 17.9. The van der Waals surface area contributed by atoms with Crippen LogP contribution in [0.3, 0.4) is 0 Å². The Labute approximate surface area is 195 Å². The molecule has 1 aliphatic rings. The molecule has 6 rings (SSSR count). The highest BCUT2D eigenvalue weighted by molar-refractivity contribution is 5.93. The van der Waals surface area contributed by atoms with Crippen molar-refractivity contribution in [3.05, 3.63) is 89.5 Å². The lowest BCUT2D eigenvalue weighted by molar-refractivity contribution is 0.0640. The first kappa shape index (κ1) is 21.1. The number of H-pyrrole nitrogens is 1. The van der Waals surface area contributed by atoms with Gasteiger partial charge in [0.05, 0.1) is 17.7 Å². The Morgan fingerprint density at radius 1 is 1.20 bits per heavy atom. The number of fused-ring (bicyclic) bond motifs is 2. The van der Waals surface area contributed by atoms with Crippen LogP contribution >= 0.6 is 0 Å². The molecule has 9 nitrogen and oxygen atoms in total. The van der Waals surface area contributed by atoms with Gasteiger partial charge in [0, 0.05) is 31.1 Å². The van der Waals surface area contributed by atoms with E-state index in [1.807, 2.05) is 0 Å². The number of nitrogens with zero attached hydrogens (tertiary/aromatic N) is 6. The first-order chi connectivity index (χ1) is 17.0. The number of aromatic amines is 1. The standard InChI is InChI=1S/C23H16F3N7O2/c24-12-4-3-8-33-16(12)10-15(31-33)19-17-13(28-11-29-17)6-9-32(19)23(34)20-18(21(25)26)30-22(35-20)14-5-1-2-7-27-14/h1-5,7-8,10-11,19,21H,6,9H2,(H,28,29). The zero-order valence-electron chi connectivity index (χ0n) is 17.9. The van der Waals surface area contributed by atoms with Gasteiger partial charge < -0.3 is 14.3 Å². The van der Waals surface area contributed by atoms with Crippen molar-refractivity contribution in [2.45, 2.75) is 18.9 Å². The van der Waals surface area contributed by atoms with Gasteiger partial charge in [-0.05, 0) is 30.3 Å². The van der Waals surface area contributed by atoms with Crippen LogP contribution < -0.4 is 0 Å². The van der Waals surface area contributed by atoms with Gasteiger partial charge in [0.25, 0.3) is 12.3 Å². The lowest BCUT2D eigenvalue weighted by atomic mass is 9.99. The van der Waals surface area contributed by atoms with Crippen LogP contribution in [0.1, 0.15) is 45.8 Å². The number of rotatable bonds is 4. The summed E-state index contributed by atoms with van der Waals surface area (Å²) >= 11 is 0. The molecule has 1 N–H and O–H groups in total. The molecule has 176 valence electrons. The van der Waals surface area contributed by atoms with Gasteiger partial charge in [-0.15, -0.1) is 0 Å². The van der Waals surface area contributed by atoms with E-state index in [1.54, 1.807) is 24.4 Å². The summed E-state index contributed by atoms with van der Waals surface area (Å²) < 4.78 is 49.0. The average molecular weight is 479 g/mol. The second kappa shape index (κ2) is 8.08. The molecule has 1 amide bonds. The Kier molecular flexibility index (Phi) is 4.87. The first-order valence-corrected chi connectivity index (χ1v) is 10.7. The second-order valence-electron chi connectivity index (χ2n) is 7.92. The minimum atomic E-state index is -3.05. The van der Waals surface area contributed by atoms with Crippen LogP contribution in [0.4, 0.5) is 13.2 Å². The van der Waals surface area contributed by atoms with Gasteiger partial charge in [-0.3, -0.25) is 9.78 Å². The van der Waals surface area contributed by atoms with E-state index in [2.05, 4.69) is 25.0 Å². The maximum absolute atomic E-state index is 14.4. The number of carbonyl (C=O) groups is 1. The molecule has 0 aliphatic carbocycles. The van der Waals surface area contributed by atoms with Crippen molar-refractivity contribution < 1.29 is 22.4 Å². The molecule has 1 unspecified atom stereocenters. The minimum absolute atomic E-state index is 0.164. The fourth-order valence-corrected chi connectivity index (χ4v) is 4.29. The van der Waals surface area contributed by atoms with Gasteiger partial charge in [0.1, 0.15) is 23.1 Å². The monoisotopic (exact) mass is 479 g/mol. The number of pyridine rings is 2. The number of halogens is 3. The third-order valence-corrected chi connectivity index (χ3v) is 5.87. The van der Waals surface area contributed by atoms with Gasteiger partial charge in [0.2, 0.25) is 11.7 Å². The number of hydrogen-bond acceptors (Lipinski definition) is 6. The number of oxazole rings is 1. The number of alkyl halides is 2. The zero-order chi connectivity index (χ0) is 24.1. The summed E-state index contributed by atoms with van der Waals surface area (Å²) in [4.78, 5) is 30.3. The normalized spacial score (nSPS) is 15.7. The van der Waals surface area contributed by atoms with Crippen molar-refractivity contribution in [1.82, 2.24) is 34.4 Å². The predicted molar refractivity (Wildman–Crippen MR) is 115 cm³/mol. The van der Waals surface area contributed by atoms with Crippen molar-refractivity contribution in [3.8, 4) is 11.6 Å². The van der Waals surface area contributed by atoms with Crippen molar-refractivity contribution in [2.24, 2.45) is 0 Å². The fraction of sp³-hybridized carbons (Fsp3) is 0.174. The van der Waals surface area contributed by atoms with Crippen LogP contribution in [-0.2, 0) is 6.42 Å². The summed E-state index contributed by atoms with van der Waals surface area (Å²) in [6.45, 7) is 0.164. The number of amides is 1. The van der Waals surface area contributed by atoms with Crippen molar-refractivity contribution in [2.75, 3.05) is 6.54 Å². The van der Waals surface area contributed by atoms with Gasteiger partial charge in [-0.2, -0.15) is 5.10 Å². The highest BCUT2D eigenvalue weighted by Crippen LogP contribution is 2.36. The van der Waals surface area contributed by atoms with Crippen LogP contribution in [0, 0.1) is 5.82 Å². The topological polar surface area (TPSA) is 105 Å². The molecule has 0 saturated heterocycles. The molecule has 0 radical (unpaired) electrons. The van der Waals surface area contributed by atoms with Crippen molar-refractivity contribution in [3.63, 3.8) is 0 Å². The summed E-state index contributed by atoms with van der Waals surface area (Å²) in [7, 11) is 0. The van der Waals surface area contributed by atoms with E-state index in [4.69, 9.17) is 4.42 Å². The number of carbonyl (C=O) groups excluding carboxylic acids is 1. The molecule has 1 atom stereocenters. The molecule has 0 spiro atoms. The number of hydrogen-bond donors (Lipinski definition) is 1. The Morgan fingerprint density at radius 2 is 2.09 bits per heavy atom. The Morgan fingerprint density at radius 3 is 2.86 bits per heavy atom. The minimum Gasteiger partial charge on any atom is -0.429 e. The fourth-order valence-electron chi connectivity index (χ4n) is 4.29. The average Bonchev–Trinajstić information content (AvgIpc) is 3.61. The molecule has 6 heterocycles. The third kappa shape index (κ3) is 3.45. The molecular weight excluding hydrogens is 463 g/mol. The van der Waals surface area contributed by atoms with Crippen molar-refractivity contribution >= 4 is 11.4 Å². The second-order valence-corrected chi connectivity index (χ2v) is 7.92. The van der Waals surface area contributed by atoms with E-state index in [-0.39, 0.29) is 23.6 Å². The Hall–Kier alpha value is -4.48. The van der Waals surface area contributed by atoms with Crippen LogP contribution in [0.15, 0.2) is 59.5 Å². The summed E-state index contributed by atoms with van der Waals surface area (Å²) in [6.07, 6.45) is 1.88. The molecule has 1 aliphatic heterocycles. The van der Waals surface area contributed by atoms with Crippen LogP contribution in [-0.4, -0.2) is 46.9 Å². The SMILES string of the molecule is O=C(c1oc(-c2ccccn2)nc1C(F)F)N1CCc2[nH]cnc2C1c1cc2c(F)cccn2n1. The Bertz CT molecular complexity index is 1540. The maximum atomic E-state index is 14.4. The highest BCUT2D eigenvalue weighted by atomic mass is 19.3. The lowest BCUT2D eigenvalue weighted by Gasteiger charge is -2.33. The van der Waals surface area contributed by atoms with Gasteiger partial charge in [-0.25, -0.2) is 27.7 Å². The smallest absolute Gasteiger partial charge is 0.292 e. The largest absolute Gasteiger partial charge is 0.429 e. The van der Waals surface area contributed by atoms with Gasteiger partial charge in [0.15, 0.2) is 5.69 Å². The van der Waals surface area contributed by atoms with Gasteiger partial charge in [-0.1, -0.05) is 6.07 Å². The Balaban J connectivity index is 1.46.